The molecule has 4 nitrogen and oxygen atoms in total. The predicted molar refractivity (Wildman–Crippen MR) is 87.2 cm³/mol. The van der Waals surface area contributed by atoms with Gasteiger partial charge in [-0.15, -0.1) is 0 Å². The number of nitrogens with zero attached hydrogens (tertiary/aromatic N) is 2. The van der Waals surface area contributed by atoms with Crippen LogP contribution in [0, 0.1) is 0 Å². The van der Waals surface area contributed by atoms with Crippen LogP contribution in [0.4, 0.5) is 4.79 Å². The SMILES string of the molecule is CCN(CC)C(=O)N1C=CC(c2ccccc2)C(C(C)=O)=C1. The Balaban J connectivity index is 2.30. The molecule has 0 spiro atoms. The molecule has 1 atom stereocenters. The molecule has 1 unspecified atom stereocenters. The van der Waals surface area contributed by atoms with E-state index >= 15 is 0 Å². The van der Waals surface area contributed by atoms with Gasteiger partial charge in [-0.25, -0.2) is 4.79 Å². The summed E-state index contributed by atoms with van der Waals surface area (Å²) >= 11 is 0. The van der Waals surface area contributed by atoms with Crippen molar-refractivity contribution >= 4 is 11.8 Å². The third kappa shape index (κ3) is 3.27. The lowest BCUT2D eigenvalue weighted by Gasteiger charge is -2.29. The average molecular weight is 298 g/mol. The van der Waals surface area contributed by atoms with Gasteiger partial charge in [0.15, 0.2) is 5.78 Å². The molecular formula is C18H22N2O2. The lowest BCUT2D eigenvalue weighted by Crippen LogP contribution is -2.39. The normalized spacial score (nSPS) is 17.1. The Morgan fingerprint density at radius 2 is 1.77 bits per heavy atom. The monoisotopic (exact) mass is 298 g/mol. The molecule has 0 aromatic heterocycles. The van der Waals surface area contributed by atoms with Crippen LogP contribution in [-0.2, 0) is 4.79 Å². The molecule has 0 radical (unpaired) electrons. The van der Waals surface area contributed by atoms with Crippen molar-refractivity contribution in [1.29, 1.82) is 0 Å². The first-order chi connectivity index (χ1) is 10.6. The van der Waals surface area contributed by atoms with Crippen LogP contribution < -0.4 is 0 Å². The van der Waals surface area contributed by atoms with Gasteiger partial charge in [0.05, 0.1) is 0 Å². The topological polar surface area (TPSA) is 40.6 Å². The van der Waals surface area contributed by atoms with E-state index < -0.39 is 0 Å². The van der Waals surface area contributed by atoms with Crippen molar-refractivity contribution in [3.05, 3.63) is 59.9 Å². The molecule has 0 aliphatic carbocycles. The van der Waals surface area contributed by atoms with E-state index in [4.69, 9.17) is 0 Å². The molecule has 0 fully saturated rings. The molecule has 1 aromatic carbocycles. The lowest BCUT2D eigenvalue weighted by molar-refractivity contribution is -0.113. The summed E-state index contributed by atoms with van der Waals surface area (Å²) in [7, 11) is 0. The third-order valence-corrected chi connectivity index (χ3v) is 3.87. The lowest BCUT2D eigenvalue weighted by atomic mass is 9.88. The van der Waals surface area contributed by atoms with E-state index in [2.05, 4.69) is 0 Å². The van der Waals surface area contributed by atoms with Gasteiger partial charge in [0.2, 0.25) is 0 Å². The fourth-order valence-electron chi connectivity index (χ4n) is 2.59. The van der Waals surface area contributed by atoms with Crippen molar-refractivity contribution in [3.8, 4) is 0 Å². The van der Waals surface area contributed by atoms with Crippen LogP contribution in [0.3, 0.4) is 0 Å². The van der Waals surface area contributed by atoms with E-state index in [-0.39, 0.29) is 17.7 Å². The summed E-state index contributed by atoms with van der Waals surface area (Å²) in [5.41, 5.74) is 1.68. The molecular weight excluding hydrogens is 276 g/mol. The van der Waals surface area contributed by atoms with Gasteiger partial charge in [0, 0.05) is 37.0 Å². The second-order valence-corrected chi connectivity index (χ2v) is 5.23. The number of urea groups is 1. The Kier molecular flexibility index (Phi) is 5.15. The van der Waals surface area contributed by atoms with Crippen LogP contribution in [0.15, 0.2) is 54.4 Å². The van der Waals surface area contributed by atoms with Crippen LogP contribution in [0.5, 0.6) is 0 Å². The van der Waals surface area contributed by atoms with Crippen molar-refractivity contribution < 1.29 is 9.59 Å². The Hall–Kier alpha value is -2.36. The highest BCUT2D eigenvalue weighted by molar-refractivity contribution is 5.96. The van der Waals surface area contributed by atoms with Gasteiger partial charge < -0.3 is 4.90 Å². The van der Waals surface area contributed by atoms with Gasteiger partial charge in [-0.05, 0) is 26.3 Å². The molecule has 0 saturated heterocycles. The highest BCUT2D eigenvalue weighted by Crippen LogP contribution is 2.30. The molecule has 1 heterocycles. The molecule has 4 heteroatoms. The van der Waals surface area contributed by atoms with Gasteiger partial charge >= 0.3 is 6.03 Å². The van der Waals surface area contributed by atoms with Crippen LogP contribution in [0.1, 0.15) is 32.3 Å². The highest BCUT2D eigenvalue weighted by atomic mass is 16.2. The number of hydrogen-bond acceptors (Lipinski definition) is 2. The van der Waals surface area contributed by atoms with Crippen LogP contribution in [-0.4, -0.2) is 34.7 Å². The molecule has 1 aliphatic rings. The molecule has 0 N–H and O–H groups in total. The molecule has 2 amide bonds. The standard InChI is InChI=1S/C18H22N2O2/c1-4-19(5-2)18(22)20-12-11-16(17(13-20)14(3)21)15-9-7-6-8-10-15/h6-13,16H,4-5H2,1-3H3. The maximum Gasteiger partial charge on any atom is 0.328 e. The summed E-state index contributed by atoms with van der Waals surface area (Å²) in [5, 5.41) is 0. The molecule has 22 heavy (non-hydrogen) atoms. The molecule has 1 aliphatic heterocycles. The first-order valence-electron chi connectivity index (χ1n) is 7.61. The number of rotatable bonds is 4. The molecule has 116 valence electrons. The summed E-state index contributed by atoms with van der Waals surface area (Å²) in [6.45, 7) is 6.71. The van der Waals surface area contributed by atoms with Crippen LogP contribution in [0.2, 0.25) is 0 Å². The minimum atomic E-state index is -0.105. The fourth-order valence-corrected chi connectivity index (χ4v) is 2.59. The Morgan fingerprint density at radius 3 is 2.32 bits per heavy atom. The molecule has 0 bridgehead atoms. The number of amides is 2. The largest absolute Gasteiger partial charge is 0.328 e. The van der Waals surface area contributed by atoms with Gasteiger partial charge in [0.25, 0.3) is 0 Å². The van der Waals surface area contributed by atoms with E-state index in [0.717, 1.165) is 5.56 Å². The highest BCUT2D eigenvalue weighted by Gasteiger charge is 2.25. The van der Waals surface area contributed by atoms with E-state index in [0.29, 0.717) is 18.7 Å². The summed E-state index contributed by atoms with van der Waals surface area (Å²) in [6, 6.07) is 9.74. The Labute approximate surface area is 131 Å². The van der Waals surface area contributed by atoms with E-state index in [1.165, 1.54) is 4.90 Å². The predicted octanol–water partition coefficient (Wildman–Crippen LogP) is 3.53. The van der Waals surface area contributed by atoms with Crippen molar-refractivity contribution in [2.45, 2.75) is 26.7 Å². The van der Waals surface area contributed by atoms with Crippen LogP contribution >= 0.6 is 0 Å². The van der Waals surface area contributed by atoms with Crippen LogP contribution in [0.25, 0.3) is 0 Å². The summed E-state index contributed by atoms with van der Waals surface area (Å²) in [5.74, 6) is -0.116. The quantitative estimate of drug-likeness (QED) is 0.853. The first kappa shape index (κ1) is 16.0. The average Bonchev–Trinajstić information content (AvgIpc) is 2.56. The zero-order valence-electron chi connectivity index (χ0n) is 13.3. The van der Waals surface area contributed by atoms with E-state index in [1.807, 2.05) is 50.3 Å². The maximum atomic E-state index is 12.4. The third-order valence-electron chi connectivity index (χ3n) is 3.87. The maximum absolute atomic E-state index is 12.4. The zero-order chi connectivity index (χ0) is 16.1. The molecule has 0 saturated carbocycles. The van der Waals surface area contributed by atoms with E-state index in [1.54, 1.807) is 24.2 Å². The zero-order valence-corrected chi connectivity index (χ0v) is 13.3. The second-order valence-electron chi connectivity index (χ2n) is 5.23. The Morgan fingerprint density at radius 1 is 1.14 bits per heavy atom. The summed E-state index contributed by atoms with van der Waals surface area (Å²) < 4.78 is 0. The number of Topliss-reactive ketones (excluding diaryl/α,β-unsaturated/α-hetero) is 1. The van der Waals surface area contributed by atoms with Gasteiger partial charge in [-0.2, -0.15) is 0 Å². The van der Waals surface area contributed by atoms with Crippen molar-refractivity contribution in [2.75, 3.05) is 13.1 Å². The minimum absolute atomic E-state index is 0.0180. The number of hydrogen-bond donors (Lipinski definition) is 0. The smallest absolute Gasteiger partial charge is 0.325 e. The Bertz CT molecular complexity index is 601. The number of carbonyl (C=O) groups is 2. The van der Waals surface area contributed by atoms with Gasteiger partial charge in [-0.3, -0.25) is 9.69 Å². The number of carbonyl (C=O) groups excluding carboxylic acids is 2. The van der Waals surface area contributed by atoms with Crippen molar-refractivity contribution in [3.63, 3.8) is 0 Å². The summed E-state index contributed by atoms with van der Waals surface area (Å²) in [4.78, 5) is 27.6. The van der Waals surface area contributed by atoms with Crippen molar-refractivity contribution in [2.24, 2.45) is 0 Å². The van der Waals surface area contributed by atoms with Crippen molar-refractivity contribution in [1.82, 2.24) is 9.80 Å². The molecule has 2 rings (SSSR count). The minimum Gasteiger partial charge on any atom is -0.325 e. The van der Waals surface area contributed by atoms with Gasteiger partial charge in [0.1, 0.15) is 0 Å². The molecule has 1 aromatic rings. The number of benzene rings is 1. The number of allylic oxidation sites excluding steroid dienone is 2. The first-order valence-corrected chi connectivity index (χ1v) is 7.61. The van der Waals surface area contributed by atoms with E-state index in [9.17, 15) is 9.59 Å². The van der Waals surface area contributed by atoms with Gasteiger partial charge in [-0.1, -0.05) is 36.4 Å². The second kappa shape index (κ2) is 7.07. The summed E-state index contributed by atoms with van der Waals surface area (Å²) in [6.07, 6.45) is 5.33. The fraction of sp³-hybridized carbons (Fsp3) is 0.333. The number of ketones is 1.